The summed E-state index contributed by atoms with van der Waals surface area (Å²) in [6.45, 7) is 7.00. The number of unbranched alkanes of at least 4 members (excludes halogenated alkanes) is 2. The number of aryl methyl sites for hydroxylation is 1. The SMILES string of the molecule is C=CCOC12Oc3ccc(OCc4cccc(C)n4)cc3C3C(CCCCO)C(CCCCO)C=C(C(=NOCc4ccccc4)CC1N(Cc1ccc4c(c1)OCO4)C(=O)c1ccc(C#N)cc1)C32. The maximum absolute atomic E-state index is 15.6. The Hall–Kier alpha value is -6.98. The number of hydrogen-bond acceptors (Lipinski definition) is 12. The van der Waals surface area contributed by atoms with Crippen molar-refractivity contribution in [3.63, 3.8) is 0 Å². The highest BCUT2D eigenvalue weighted by atomic mass is 16.7. The van der Waals surface area contributed by atoms with E-state index in [0.717, 1.165) is 59.3 Å². The van der Waals surface area contributed by atoms with Gasteiger partial charge in [-0.25, -0.2) is 0 Å². The Bertz CT molecular complexity index is 2740. The highest BCUT2D eigenvalue weighted by molar-refractivity contribution is 6.03. The minimum Gasteiger partial charge on any atom is -0.487 e. The van der Waals surface area contributed by atoms with Gasteiger partial charge >= 0.3 is 0 Å². The van der Waals surface area contributed by atoms with Crippen LogP contribution in [0.25, 0.3) is 0 Å². The van der Waals surface area contributed by atoms with Gasteiger partial charge in [0, 0.05) is 48.9 Å². The lowest BCUT2D eigenvalue weighted by atomic mass is 9.55. The highest BCUT2D eigenvalue weighted by Gasteiger charge is 2.65. The molecule has 0 bridgehead atoms. The zero-order valence-electron chi connectivity index (χ0n) is 39.6. The number of ether oxygens (including phenoxy) is 5. The van der Waals surface area contributed by atoms with Gasteiger partial charge in [-0.05, 0) is 128 Å². The van der Waals surface area contributed by atoms with E-state index in [0.29, 0.717) is 52.7 Å². The molecular formula is C57H60N4O9. The summed E-state index contributed by atoms with van der Waals surface area (Å²) in [4.78, 5) is 28.4. The van der Waals surface area contributed by atoms with E-state index in [9.17, 15) is 15.5 Å². The molecule has 13 heteroatoms. The van der Waals surface area contributed by atoms with E-state index in [1.54, 1.807) is 30.3 Å². The van der Waals surface area contributed by atoms with Crippen molar-refractivity contribution in [2.75, 3.05) is 26.6 Å². The van der Waals surface area contributed by atoms with E-state index >= 15 is 4.79 Å². The summed E-state index contributed by atoms with van der Waals surface area (Å²) >= 11 is 0. The fourth-order valence-electron chi connectivity index (χ4n) is 10.7. The van der Waals surface area contributed by atoms with Gasteiger partial charge < -0.3 is 43.6 Å². The molecule has 70 heavy (non-hydrogen) atoms. The summed E-state index contributed by atoms with van der Waals surface area (Å²) in [5.41, 5.74) is 6.78. The van der Waals surface area contributed by atoms with Gasteiger partial charge in [-0.1, -0.05) is 72.6 Å². The van der Waals surface area contributed by atoms with Crippen LogP contribution in [0.4, 0.5) is 0 Å². The number of rotatable bonds is 21. The maximum atomic E-state index is 15.6. The van der Waals surface area contributed by atoms with Gasteiger partial charge in [-0.2, -0.15) is 5.26 Å². The number of fused-ring (bicyclic) bond motifs is 3. The summed E-state index contributed by atoms with van der Waals surface area (Å²) in [7, 11) is 0. The smallest absolute Gasteiger partial charge is 0.254 e. The van der Waals surface area contributed by atoms with Crippen molar-refractivity contribution in [1.82, 2.24) is 9.88 Å². The lowest BCUT2D eigenvalue weighted by molar-refractivity contribution is -0.255. The van der Waals surface area contributed by atoms with Crippen LogP contribution in [0.5, 0.6) is 23.0 Å². The van der Waals surface area contributed by atoms with Crippen LogP contribution in [0.2, 0.25) is 0 Å². The van der Waals surface area contributed by atoms with Gasteiger partial charge in [-0.15, -0.1) is 6.58 Å². The number of allylic oxidation sites excluding steroid dienone is 1. The third kappa shape index (κ3) is 10.3. The lowest BCUT2D eigenvalue weighted by Crippen LogP contribution is -2.70. The summed E-state index contributed by atoms with van der Waals surface area (Å²) < 4.78 is 32.8. The van der Waals surface area contributed by atoms with E-state index in [1.165, 1.54) is 0 Å². The Balaban J connectivity index is 1.25. The Morgan fingerprint density at radius 2 is 1.69 bits per heavy atom. The number of aromatic nitrogens is 1. The van der Waals surface area contributed by atoms with Crippen LogP contribution in [0.1, 0.15) is 94.9 Å². The Morgan fingerprint density at radius 3 is 2.46 bits per heavy atom. The molecule has 1 amide bonds. The number of amides is 1. The first-order valence-electron chi connectivity index (χ1n) is 24.3. The van der Waals surface area contributed by atoms with E-state index < -0.39 is 17.7 Å². The first-order valence-corrected chi connectivity index (χ1v) is 24.3. The average Bonchev–Trinajstić information content (AvgIpc) is 3.86. The number of oxime groups is 1. The zero-order chi connectivity index (χ0) is 48.5. The molecule has 0 radical (unpaired) electrons. The van der Waals surface area contributed by atoms with Crippen molar-refractivity contribution in [1.29, 1.82) is 5.26 Å². The number of carbonyl (C=O) groups excluding carboxylic acids is 1. The third-order valence-electron chi connectivity index (χ3n) is 13.9. The molecule has 362 valence electrons. The molecule has 13 nitrogen and oxygen atoms in total. The second-order valence-electron chi connectivity index (χ2n) is 18.4. The highest BCUT2D eigenvalue weighted by Crippen LogP contribution is 2.62. The molecule has 5 aromatic rings. The van der Waals surface area contributed by atoms with Crippen LogP contribution in [0.15, 0.2) is 139 Å². The molecule has 0 saturated heterocycles. The molecule has 2 N–H and O–H groups in total. The molecule has 2 aliphatic heterocycles. The second kappa shape index (κ2) is 22.2. The Morgan fingerprint density at radius 1 is 0.900 bits per heavy atom. The number of carbonyl (C=O) groups is 1. The molecule has 0 spiro atoms. The summed E-state index contributed by atoms with van der Waals surface area (Å²) in [5, 5.41) is 34.9. The predicted octanol–water partition coefficient (Wildman–Crippen LogP) is 9.75. The zero-order valence-corrected chi connectivity index (χ0v) is 39.6. The van der Waals surface area contributed by atoms with E-state index in [-0.39, 0.29) is 76.5 Å². The monoisotopic (exact) mass is 944 g/mol. The first-order chi connectivity index (χ1) is 34.3. The summed E-state index contributed by atoms with van der Waals surface area (Å²) in [6, 6.07) is 35.4. The molecule has 6 atom stereocenters. The van der Waals surface area contributed by atoms with E-state index in [2.05, 4.69) is 29.8 Å². The molecular weight excluding hydrogens is 885 g/mol. The minimum atomic E-state index is -1.52. The van der Waals surface area contributed by atoms with Gasteiger partial charge in [0.15, 0.2) is 11.5 Å². The van der Waals surface area contributed by atoms with Crippen LogP contribution in [-0.2, 0) is 29.3 Å². The first kappa shape index (κ1) is 48.1. The molecule has 6 unspecified atom stereocenters. The van der Waals surface area contributed by atoms with Crippen LogP contribution in [0, 0.1) is 36.0 Å². The van der Waals surface area contributed by atoms with E-state index in [1.807, 2.05) is 90.7 Å². The molecule has 9 rings (SSSR count). The fourth-order valence-corrected chi connectivity index (χ4v) is 10.7. The van der Waals surface area contributed by atoms with E-state index in [4.69, 9.17) is 33.7 Å². The third-order valence-corrected chi connectivity index (χ3v) is 13.9. The standard InChI is InChI=1S/C57H60N4O9/c1-3-28-68-57-53(61(56(64)42-21-18-39(33-58)19-22-42)34-41-20-24-51-52(29-41)67-37-66-51)32-49(60-69-35-40-13-5-4-6-14-40)47-30-43(15-7-9-26-62)46(17-8-10-27-63)54(55(47)57)48-31-45(23-25-50(48)70-57)65-36-44-16-11-12-38(2)59-44/h3-6,11-14,16,18-25,29-31,43,46,53-55,62-63H,1,7-10,15,17,26-28,32,34-37H2,2H3. The van der Waals surface area contributed by atoms with Crippen molar-refractivity contribution in [2.45, 2.75) is 89.4 Å². The minimum absolute atomic E-state index is 0.00353. The number of aliphatic hydroxyl groups is 2. The van der Waals surface area contributed by atoms with Gasteiger partial charge in [0.25, 0.3) is 5.91 Å². The molecule has 2 aliphatic carbocycles. The molecule has 1 fully saturated rings. The van der Waals surface area contributed by atoms with Gasteiger partial charge in [0.2, 0.25) is 12.6 Å². The molecule has 4 aliphatic rings. The summed E-state index contributed by atoms with van der Waals surface area (Å²) in [5.74, 6) is -0.150. The predicted molar refractivity (Wildman–Crippen MR) is 263 cm³/mol. The normalized spacial score (nSPS) is 22.2. The second-order valence-corrected chi connectivity index (χ2v) is 18.4. The quantitative estimate of drug-likeness (QED) is 0.0409. The van der Waals surface area contributed by atoms with Gasteiger partial charge in [0.1, 0.15) is 30.8 Å². The molecule has 1 aromatic heterocycles. The lowest BCUT2D eigenvalue weighted by Gasteiger charge is -2.60. The Kier molecular flexibility index (Phi) is 15.2. The number of benzene rings is 4. The largest absolute Gasteiger partial charge is 0.487 e. The number of nitriles is 1. The molecule has 3 heterocycles. The topological polar surface area (TPSA) is 165 Å². The number of hydrogen-bond donors (Lipinski definition) is 2. The van der Waals surface area contributed by atoms with Crippen LogP contribution in [0.3, 0.4) is 0 Å². The van der Waals surface area contributed by atoms with Crippen LogP contribution < -0.4 is 18.9 Å². The number of nitrogens with zero attached hydrogens (tertiary/aromatic N) is 4. The van der Waals surface area contributed by atoms with Crippen molar-refractivity contribution in [3.8, 4) is 29.1 Å². The average molecular weight is 945 g/mol. The fraction of sp³-hybridized carbons (Fsp3) is 0.368. The summed E-state index contributed by atoms with van der Waals surface area (Å²) in [6.07, 6.45) is 8.66. The van der Waals surface area contributed by atoms with Gasteiger partial charge in [0.05, 0.1) is 35.6 Å². The van der Waals surface area contributed by atoms with Crippen molar-refractivity contribution in [2.24, 2.45) is 22.9 Å². The van der Waals surface area contributed by atoms with Crippen molar-refractivity contribution in [3.05, 3.63) is 173 Å². The van der Waals surface area contributed by atoms with Crippen LogP contribution in [-0.4, -0.2) is 70.2 Å². The Labute approximate surface area is 409 Å². The number of pyridine rings is 1. The maximum Gasteiger partial charge on any atom is 0.254 e. The number of aliphatic hydroxyl groups excluding tert-OH is 2. The van der Waals surface area contributed by atoms with Crippen molar-refractivity contribution < 1.29 is 43.5 Å². The van der Waals surface area contributed by atoms with Gasteiger partial charge in [-0.3, -0.25) is 9.78 Å². The molecule has 1 saturated carbocycles. The molecule has 4 aromatic carbocycles. The van der Waals surface area contributed by atoms with Crippen molar-refractivity contribution >= 4 is 11.6 Å². The van der Waals surface area contributed by atoms with Crippen LogP contribution >= 0.6 is 0 Å².